The average Bonchev–Trinajstić information content (AvgIpc) is 2.95. The van der Waals surface area contributed by atoms with Crippen molar-refractivity contribution in [1.29, 1.82) is 0 Å². The van der Waals surface area contributed by atoms with Gasteiger partial charge in [-0.25, -0.2) is 0 Å². The van der Waals surface area contributed by atoms with Crippen LogP contribution >= 0.6 is 0 Å². The van der Waals surface area contributed by atoms with Gasteiger partial charge in [0.15, 0.2) is 0 Å². The summed E-state index contributed by atoms with van der Waals surface area (Å²) in [7, 11) is 1.81. The number of carboxylic acid groups (broad SMARTS) is 1. The molecule has 0 radical (unpaired) electrons. The highest BCUT2D eigenvalue weighted by molar-refractivity contribution is 5.66. The fourth-order valence-corrected chi connectivity index (χ4v) is 1.90. The predicted molar refractivity (Wildman–Crippen MR) is 79.5 cm³/mol. The minimum atomic E-state index is -0.826. The molecule has 2 rings (SSSR count). The van der Waals surface area contributed by atoms with Crippen LogP contribution < -0.4 is 4.74 Å². The Morgan fingerprint density at radius 2 is 2.09 bits per heavy atom. The van der Waals surface area contributed by atoms with Gasteiger partial charge in [-0.15, -0.1) is 0 Å². The molecule has 0 bridgehead atoms. The number of aromatic nitrogens is 2. The molecule has 0 aliphatic heterocycles. The maximum atomic E-state index is 10.5. The van der Waals surface area contributed by atoms with Crippen molar-refractivity contribution in [2.75, 3.05) is 20.2 Å². The standard InChI is InChI=1S/C15H19N3O4/c1-3-21-12-6-4-11(5-7-12)15-16-13(22-17-15)10-18(2)9-8-14(19)20/h4-7H,3,8-10H2,1-2H3,(H,19,20). The molecule has 1 heterocycles. The molecule has 7 nitrogen and oxygen atoms in total. The van der Waals surface area contributed by atoms with Crippen LogP contribution in [0.15, 0.2) is 28.8 Å². The lowest BCUT2D eigenvalue weighted by Crippen LogP contribution is -2.21. The average molecular weight is 305 g/mol. The predicted octanol–water partition coefficient (Wildman–Crippen LogP) is 2.04. The van der Waals surface area contributed by atoms with E-state index in [1.165, 1.54) is 0 Å². The van der Waals surface area contributed by atoms with Gasteiger partial charge in [0.1, 0.15) is 5.75 Å². The second-order valence-electron chi connectivity index (χ2n) is 4.85. The molecular formula is C15H19N3O4. The zero-order valence-electron chi connectivity index (χ0n) is 12.7. The molecule has 0 saturated carbocycles. The van der Waals surface area contributed by atoms with Crippen LogP contribution in [-0.2, 0) is 11.3 Å². The van der Waals surface area contributed by atoms with Gasteiger partial charge in [-0.1, -0.05) is 5.16 Å². The first-order chi connectivity index (χ1) is 10.6. The third kappa shape index (κ3) is 4.56. The summed E-state index contributed by atoms with van der Waals surface area (Å²) >= 11 is 0. The van der Waals surface area contributed by atoms with Crippen LogP contribution in [0.1, 0.15) is 19.2 Å². The van der Waals surface area contributed by atoms with E-state index in [1.54, 1.807) is 0 Å². The van der Waals surface area contributed by atoms with Gasteiger partial charge in [0.05, 0.1) is 19.6 Å². The third-order valence-electron chi connectivity index (χ3n) is 3.00. The van der Waals surface area contributed by atoms with Gasteiger partial charge < -0.3 is 14.4 Å². The van der Waals surface area contributed by atoms with Gasteiger partial charge >= 0.3 is 5.97 Å². The van der Waals surface area contributed by atoms with Crippen molar-refractivity contribution in [2.45, 2.75) is 19.9 Å². The van der Waals surface area contributed by atoms with Gasteiger partial charge in [0.2, 0.25) is 11.7 Å². The van der Waals surface area contributed by atoms with Crippen LogP contribution in [0.25, 0.3) is 11.4 Å². The molecule has 0 unspecified atom stereocenters. The van der Waals surface area contributed by atoms with Crippen LogP contribution in [0.3, 0.4) is 0 Å². The van der Waals surface area contributed by atoms with E-state index in [2.05, 4.69) is 10.1 Å². The van der Waals surface area contributed by atoms with Crippen LogP contribution in [-0.4, -0.2) is 46.3 Å². The number of hydrogen-bond acceptors (Lipinski definition) is 6. The van der Waals surface area contributed by atoms with Crippen molar-refractivity contribution in [3.05, 3.63) is 30.2 Å². The molecule has 0 atom stereocenters. The first-order valence-electron chi connectivity index (χ1n) is 7.04. The van der Waals surface area contributed by atoms with E-state index in [1.807, 2.05) is 43.1 Å². The van der Waals surface area contributed by atoms with E-state index >= 15 is 0 Å². The summed E-state index contributed by atoms with van der Waals surface area (Å²) in [5.74, 6) is 0.928. The summed E-state index contributed by atoms with van der Waals surface area (Å²) in [5.41, 5.74) is 0.839. The summed E-state index contributed by atoms with van der Waals surface area (Å²) in [6.07, 6.45) is 0.0797. The van der Waals surface area contributed by atoms with Crippen molar-refractivity contribution in [1.82, 2.24) is 15.0 Å². The minimum absolute atomic E-state index is 0.0797. The number of nitrogens with zero attached hydrogens (tertiary/aromatic N) is 3. The van der Waals surface area contributed by atoms with Crippen molar-refractivity contribution < 1.29 is 19.2 Å². The number of hydrogen-bond donors (Lipinski definition) is 1. The Bertz CT molecular complexity index is 610. The van der Waals surface area contributed by atoms with Crippen LogP contribution in [0, 0.1) is 0 Å². The van der Waals surface area contributed by atoms with Gasteiger partial charge in [0.25, 0.3) is 0 Å². The largest absolute Gasteiger partial charge is 0.494 e. The summed E-state index contributed by atoms with van der Waals surface area (Å²) in [6.45, 7) is 3.39. The molecule has 0 aliphatic rings. The number of benzene rings is 1. The van der Waals surface area contributed by atoms with Gasteiger partial charge in [0, 0.05) is 12.1 Å². The maximum Gasteiger partial charge on any atom is 0.304 e. The highest BCUT2D eigenvalue weighted by Crippen LogP contribution is 2.20. The Hall–Kier alpha value is -2.41. The SMILES string of the molecule is CCOc1ccc(-c2noc(CN(C)CCC(=O)O)n2)cc1. The third-order valence-corrected chi connectivity index (χ3v) is 3.00. The van der Waals surface area contributed by atoms with Crippen LogP contribution in [0.5, 0.6) is 5.75 Å². The Morgan fingerprint density at radius 3 is 2.73 bits per heavy atom. The van der Waals surface area contributed by atoms with Crippen LogP contribution in [0.2, 0.25) is 0 Å². The van der Waals surface area contributed by atoms with Crippen molar-refractivity contribution in [3.8, 4) is 17.1 Å². The van der Waals surface area contributed by atoms with Gasteiger partial charge in [-0.05, 0) is 38.2 Å². The van der Waals surface area contributed by atoms with Crippen LogP contribution in [0.4, 0.5) is 0 Å². The molecular weight excluding hydrogens is 286 g/mol. The summed E-state index contributed by atoms with van der Waals surface area (Å²) < 4.78 is 10.6. The second kappa shape index (κ2) is 7.56. The van der Waals surface area contributed by atoms with Crippen molar-refractivity contribution in [3.63, 3.8) is 0 Å². The zero-order chi connectivity index (χ0) is 15.9. The summed E-state index contributed by atoms with van der Waals surface area (Å²) in [6, 6.07) is 7.45. The van der Waals surface area contributed by atoms with E-state index in [-0.39, 0.29) is 6.42 Å². The Labute approximate surface area is 128 Å². The topological polar surface area (TPSA) is 88.7 Å². The number of carbonyl (C=O) groups is 1. The number of aliphatic carboxylic acids is 1. The summed E-state index contributed by atoms with van der Waals surface area (Å²) in [5, 5.41) is 12.6. The number of rotatable bonds is 8. The molecule has 1 aromatic carbocycles. The number of carboxylic acids is 1. The molecule has 1 aromatic heterocycles. The molecule has 2 aromatic rings. The van der Waals surface area contributed by atoms with E-state index in [0.29, 0.717) is 31.4 Å². The van der Waals surface area contributed by atoms with E-state index in [4.69, 9.17) is 14.4 Å². The summed E-state index contributed by atoms with van der Waals surface area (Å²) in [4.78, 5) is 16.7. The van der Waals surface area contributed by atoms with Crippen molar-refractivity contribution in [2.24, 2.45) is 0 Å². The van der Waals surface area contributed by atoms with E-state index in [9.17, 15) is 4.79 Å². The molecule has 0 amide bonds. The second-order valence-corrected chi connectivity index (χ2v) is 4.85. The smallest absolute Gasteiger partial charge is 0.304 e. The quantitative estimate of drug-likeness (QED) is 0.798. The fraction of sp³-hybridized carbons (Fsp3) is 0.400. The first kappa shape index (κ1) is 16.0. The molecule has 1 N–H and O–H groups in total. The fourth-order valence-electron chi connectivity index (χ4n) is 1.90. The molecule has 118 valence electrons. The molecule has 22 heavy (non-hydrogen) atoms. The van der Waals surface area contributed by atoms with Crippen molar-refractivity contribution >= 4 is 5.97 Å². The zero-order valence-corrected chi connectivity index (χ0v) is 12.7. The van der Waals surface area contributed by atoms with E-state index in [0.717, 1.165) is 11.3 Å². The highest BCUT2D eigenvalue weighted by Gasteiger charge is 2.11. The Balaban J connectivity index is 1.97. The first-order valence-corrected chi connectivity index (χ1v) is 7.04. The maximum absolute atomic E-state index is 10.5. The monoisotopic (exact) mass is 305 g/mol. The van der Waals surface area contributed by atoms with E-state index < -0.39 is 5.97 Å². The lowest BCUT2D eigenvalue weighted by atomic mass is 10.2. The Kier molecular flexibility index (Phi) is 5.48. The molecule has 0 fully saturated rings. The van der Waals surface area contributed by atoms with Gasteiger partial charge in [-0.3, -0.25) is 9.69 Å². The number of ether oxygens (including phenoxy) is 1. The molecule has 0 saturated heterocycles. The van der Waals surface area contributed by atoms with Gasteiger partial charge in [-0.2, -0.15) is 4.98 Å². The normalized spacial score (nSPS) is 10.9. The molecule has 0 spiro atoms. The molecule has 7 heteroatoms. The lowest BCUT2D eigenvalue weighted by molar-refractivity contribution is -0.137. The lowest BCUT2D eigenvalue weighted by Gasteiger charge is -2.11. The minimum Gasteiger partial charge on any atom is -0.494 e. The highest BCUT2D eigenvalue weighted by atomic mass is 16.5. The molecule has 0 aliphatic carbocycles. The Morgan fingerprint density at radius 1 is 1.36 bits per heavy atom.